The molecule has 0 unspecified atom stereocenters. The molecule has 0 aliphatic carbocycles. The van der Waals surface area contributed by atoms with E-state index < -0.39 is 5.91 Å². The number of nitrogens with zero attached hydrogens (tertiary/aromatic N) is 1. The molecule has 1 aromatic heterocycles. The predicted octanol–water partition coefficient (Wildman–Crippen LogP) is 2.68. The highest BCUT2D eigenvalue weighted by molar-refractivity contribution is 7.10. The SMILES string of the molecule is NC(=O)c1csc(CN2CCc3c(F)ccc(F)c3C2)c1. The number of carbonyl (C=O) groups is 1. The molecule has 0 saturated heterocycles. The van der Waals surface area contributed by atoms with E-state index in [9.17, 15) is 13.6 Å². The number of thiophene rings is 1. The van der Waals surface area contributed by atoms with Crippen molar-refractivity contribution in [1.29, 1.82) is 0 Å². The Morgan fingerprint density at radius 2 is 2.00 bits per heavy atom. The molecule has 0 saturated carbocycles. The quantitative estimate of drug-likeness (QED) is 0.947. The van der Waals surface area contributed by atoms with Gasteiger partial charge in [-0.25, -0.2) is 8.78 Å². The average Bonchev–Trinajstić information content (AvgIpc) is 2.92. The van der Waals surface area contributed by atoms with Gasteiger partial charge in [0, 0.05) is 35.5 Å². The molecule has 2 aromatic rings. The van der Waals surface area contributed by atoms with Crippen LogP contribution in [0.4, 0.5) is 8.78 Å². The standard InChI is InChI=1S/C15H14F2N2OS/c16-13-1-2-14(17)12-7-19(4-3-11(12)13)6-10-5-9(8-21-10)15(18)20/h1-2,5,8H,3-4,6-7H2,(H2,18,20). The molecular weight excluding hydrogens is 294 g/mol. The number of halogens is 2. The van der Waals surface area contributed by atoms with Gasteiger partial charge in [0.2, 0.25) is 5.91 Å². The lowest BCUT2D eigenvalue weighted by Gasteiger charge is -2.28. The van der Waals surface area contributed by atoms with E-state index in [1.165, 1.54) is 23.5 Å². The first kappa shape index (κ1) is 14.2. The topological polar surface area (TPSA) is 46.3 Å². The first-order valence-electron chi connectivity index (χ1n) is 6.60. The summed E-state index contributed by atoms with van der Waals surface area (Å²) in [4.78, 5) is 14.1. The molecule has 110 valence electrons. The van der Waals surface area contributed by atoms with E-state index in [1.807, 2.05) is 4.90 Å². The highest BCUT2D eigenvalue weighted by atomic mass is 32.1. The van der Waals surface area contributed by atoms with Gasteiger partial charge in [-0.1, -0.05) is 0 Å². The maximum Gasteiger partial charge on any atom is 0.249 e. The molecule has 1 amide bonds. The minimum Gasteiger partial charge on any atom is -0.366 e. The van der Waals surface area contributed by atoms with E-state index >= 15 is 0 Å². The number of rotatable bonds is 3. The van der Waals surface area contributed by atoms with Crippen molar-refractivity contribution >= 4 is 17.2 Å². The van der Waals surface area contributed by atoms with Crippen LogP contribution in [0.2, 0.25) is 0 Å². The fraction of sp³-hybridized carbons (Fsp3) is 0.267. The molecule has 6 heteroatoms. The Kier molecular flexibility index (Phi) is 3.73. The van der Waals surface area contributed by atoms with Crippen LogP contribution < -0.4 is 5.73 Å². The monoisotopic (exact) mass is 308 g/mol. The van der Waals surface area contributed by atoms with Crippen LogP contribution in [0.15, 0.2) is 23.6 Å². The number of carbonyl (C=O) groups excluding carboxylic acids is 1. The summed E-state index contributed by atoms with van der Waals surface area (Å²) in [7, 11) is 0. The summed E-state index contributed by atoms with van der Waals surface area (Å²) in [6.07, 6.45) is 0.493. The third-order valence-electron chi connectivity index (χ3n) is 3.69. The zero-order valence-corrected chi connectivity index (χ0v) is 12.1. The normalized spacial score (nSPS) is 15.0. The van der Waals surface area contributed by atoms with Gasteiger partial charge >= 0.3 is 0 Å². The Balaban J connectivity index is 1.77. The van der Waals surface area contributed by atoms with Gasteiger partial charge < -0.3 is 5.73 Å². The molecule has 0 radical (unpaired) electrons. The summed E-state index contributed by atoms with van der Waals surface area (Å²) < 4.78 is 27.5. The van der Waals surface area contributed by atoms with Crippen molar-refractivity contribution in [3.63, 3.8) is 0 Å². The van der Waals surface area contributed by atoms with Crippen LogP contribution in [0.3, 0.4) is 0 Å². The van der Waals surface area contributed by atoms with Crippen LogP contribution in [0, 0.1) is 11.6 Å². The minimum atomic E-state index is -0.449. The van der Waals surface area contributed by atoms with E-state index in [2.05, 4.69) is 0 Å². The Morgan fingerprint density at radius 1 is 1.29 bits per heavy atom. The highest BCUT2D eigenvalue weighted by Crippen LogP contribution is 2.26. The van der Waals surface area contributed by atoms with Gasteiger partial charge in [-0.15, -0.1) is 11.3 Å². The third kappa shape index (κ3) is 2.82. The number of fused-ring (bicyclic) bond motifs is 1. The zero-order chi connectivity index (χ0) is 15.0. The smallest absolute Gasteiger partial charge is 0.249 e. The largest absolute Gasteiger partial charge is 0.366 e. The maximum atomic E-state index is 13.8. The van der Waals surface area contributed by atoms with Crippen molar-refractivity contribution in [2.75, 3.05) is 6.54 Å². The number of amides is 1. The van der Waals surface area contributed by atoms with Gasteiger partial charge in [-0.2, -0.15) is 0 Å². The maximum absolute atomic E-state index is 13.8. The van der Waals surface area contributed by atoms with Crippen LogP contribution >= 0.6 is 11.3 Å². The second-order valence-corrected chi connectivity index (χ2v) is 6.11. The van der Waals surface area contributed by atoms with E-state index in [0.29, 0.717) is 42.7 Å². The first-order valence-corrected chi connectivity index (χ1v) is 7.48. The number of primary amides is 1. The molecule has 3 nitrogen and oxygen atoms in total. The molecule has 2 heterocycles. The molecule has 2 N–H and O–H groups in total. The molecule has 1 aromatic carbocycles. The molecule has 0 bridgehead atoms. The summed E-state index contributed by atoms with van der Waals surface area (Å²) in [6, 6.07) is 4.11. The van der Waals surface area contributed by atoms with E-state index in [1.54, 1.807) is 11.4 Å². The summed E-state index contributed by atoms with van der Waals surface area (Å²) in [5, 5.41) is 1.72. The molecular formula is C15H14F2N2OS. The predicted molar refractivity (Wildman–Crippen MR) is 77.0 cm³/mol. The minimum absolute atomic E-state index is 0.335. The fourth-order valence-corrected chi connectivity index (χ4v) is 3.51. The van der Waals surface area contributed by atoms with Crippen LogP contribution in [0.1, 0.15) is 26.4 Å². The van der Waals surface area contributed by atoms with Crippen LogP contribution in [-0.4, -0.2) is 17.4 Å². The van der Waals surface area contributed by atoms with Crippen molar-refractivity contribution < 1.29 is 13.6 Å². The lowest BCUT2D eigenvalue weighted by molar-refractivity contribution is 0.100. The molecule has 0 fully saturated rings. The Labute approximate surface area is 125 Å². The Hall–Kier alpha value is -1.79. The van der Waals surface area contributed by atoms with Gasteiger partial charge in [-0.3, -0.25) is 9.69 Å². The zero-order valence-electron chi connectivity index (χ0n) is 11.2. The first-order chi connectivity index (χ1) is 10.0. The van der Waals surface area contributed by atoms with Crippen LogP contribution in [0.25, 0.3) is 0 Å². The molecule has 0 atom stereocenters. The van der Waals surface area contributed by atoms with Crippen molar-refractivity contribution in [1.82, 2.24) is 4.90 Å². The Morgan fingerprint density at radius 3 is 2.67 bits per heavy atom. The van der Waals surface area contributed by atoms with Crippen molar-refractivity contribution in [3.05, 3.63) is 56.8 Å². The summed E-state index contributed by atoms with van der Waals surface area (Å²) in [6.45, 7) is 1.65. The number of nitrogens with two attached hydrogens (primary N) is 1. The van der Waals surface area contributed by atoms with Gasteiger partial charge in [0.05, 0.1) is 5.56 Å². The average molecular weight is 308 g/mol. The van der Waals surface area contributed by atoms with Gasteiger partial charge in [-0.05, 0) is 30.2 Å². The molecule has 1 aliphatic heterocycles. The van der Waals surface area contributed by atoms with Gasteiger partial charge in [0.1, 0.15) is 11.6 Å². The summed E-state index contributed by atoms with van der Waals surface area (Å²) >= 11 is 1.45. The fourth-order valence-electron chi connectivity index (χ4n) is 2.60. The van der Waals surface area contributed by atoms with E-state index in [4.69, 9.17) is 5.73 Å². The molecule has 1 aliphatic rings. The van der Waals surface area contributed by atoms with Gasteiger partial charge in [0.15, 0.2) is 0 Å². The van der Waals surface area contributed by atoms with Crippen molar-refractivity contribution in [3.8, 4) is 0 Å². The molecule has 3 rings (SSSR count). The lowest BCUT2D eigenvalue weighted by Crippen LogP contribution is -2.31. The molecule has 21 heavy (non-hydrogen) atoms. The highest BCUT2D eigenvalue weighted by Gasteiger charge is 2.22. The number of hydrogen-bond acceptors (Lipinski definition) is 3. The summed E-state index contributed by atoms with van der Waals surface area (Å²) in [5.74, 6) is -1.15. The summed E-state index contributed by atoms with van der Waals surface area (Å²) in [5.41, 5.74) is 6.63. The van der Waals surface area contributed by atoms with E-state index in [0.717, 1.165) is 4.88 Å². The second-order valence-electron chi connectivity index (χ2n) is 5.11. The Bertz CT molecular complexity index is 699. The number of benzene rings is 1. The van der Waals surface area contributed by atoms with Crippen LogP contribution in [0.5, 0.6) is 0 Å². The number of hydrogen-bond donors (Lipinski definition) is 1. The van der Waals surface area contributed by atoms with Crippen LogP contribution in [-0.2, 0) is 19.5 Å². The molecule has 0 spiro atoms. The van der Waals surface area contributed by atoms with Gasteiger partial charge in [0.25, 0.3) is 0 Å². The lowest BCUT2D eigenvalue weighted by atomic mass is 9.98. The second kappa shape index (κ2) is 5.54. The van der Waals surface area contributed by atoms with E-state index in [-0.39, 0.29) is 11.6 Å². The third-order valence-corrected chi connectivity index (χ3v) is 4.62. The van der Waals surface area contributed by atoms with Crippen molar-refractivity contribution in [2.45, 2.75) is 19.5 Å². The van der Waals surface area contributed by atoms with Crippen molar-refractivity contribution in [2.24, 2.45) is 5.73 Å².